The number of halogens is 2. The summed E-state index contributed by atoms with van der Waals surface area (Å²) in [6, 6.07) is 9.44. The van der Waals surface area contributed by atoms with E-state index in [4.69, 9.17) is 32.4 Å². The van der Waals surface area contributed by atoms with Crippen molar-refractivity contribution in [3.63, 3.8) is 0 Å². The summed E-state index contributed by atoms with van der Waals surface area (Å²) in [5, 5.41) is 6.27. The summed E-state index contributed by atoms with van der Waals surface area (Å²) >= 11 is 14.1. The van der Waals surface area contributed by atoms with Gasteiger partial charge in [0.15, 0.2) is 0 Å². The largest absolute Gasteiger partial charge is 0.440 e. The van der Waals surface area contributed by atoms with E-state index in [0.717, 1.165) is 23.3 Å². The third-order valence-electron chi connectivity index (χ3n) is 5.53. The molecule has 158 valence electrons. The van der Waals surface area contributed by atoms with Gasteiger partial charge in [-0.05, 0) is 48.9 Å². The number of ether oxygens (including phenoxy) is 1. The van der Waals surface area contributed by atoms with Gasteiger partial charge in [0.05, 0.1) is 17.0 Å². The molecule has 4 rings (SSSR count). The number of carbonyl (C=O) groups is 1. The Kier molecular flexibility index (Phi) is 6.48. The second-order valence-corrected chi connectivity index (χ2v) is 9.26. The number of aromatic nitrogens is 1. The third kappa shape index (κ3) is 4.57. The molecule has 1 fully saturated rings. The van der Waals surface area contributed by atoms with Crippen LogP contribution in [0, 0.1) is 6.92 Å². The summed E-state index contributed by atoms with van der Waals surface area (Å²) in [5.74, 6) is 1.12. The number of nitrogens with zero attached hydrogens (tertiary/aromatic N) is 1. The number of rotatable bonds is 6. The fourth-order valence-electron chi connectivity index (χ4n) is 3.80. The molecule has 1 aliphatic rings. The monoisotopic (exact) mass is 464 g/mol. The lowest BCUT2D eigenvalue weighted by atomic mass is 9.74. The Balaban J connectivity index is 1.47. The molecule has 1 aliphatic heterocycles. The second kappa shape index (κ2) is 9.10. The van der Waals surface area contributed by atoms with Crippen LogP contribution in [0.4, 0.5) is 0 Å². The van der Waals surface area contributed by atoms with E-state index in [-0.39, 0.29) is 17.7 Å². The number of thiophene rings is 1. The zero-order chi connectivity index (χ0) is 21.1. The minimum atomic E-state index is -0.281. The van der Waals surface area contributed by atoms with Crippen molar-refractivity contribution < 1.29 is 13.9 Å². The predicted molar refractivity (Wildman–Crippen MR) is 119 cm³/mol. The summed E-state index contributed by atoms with van der Waals surface area (Å²) in [4.78, 5) is 18.2. The number of benzene rings is 1. The standard InChI is InChI=1S/C22H22Cl2N2O3S/c1-14-18(26-21(29-14)19-3-2-10-30-19)12-20(27)25-13-22(6-8-28-9-7-22)16-5-4-15(23)11-17(16)24/h2-5,10-11H,6-9,12-13H2,1H3,(H,25,27). The van der Waals surface area contributed by atoms with Crippen LogP contribution in [0.5, 0.6) is 0 Å². The smallest absolute Gasteiger partial charge is 0.236 e. The Morgan fingerprint density at radius 1 is 1.27 bits per heavy atom. The number of amides is 1. The molecule has 8 heteroatoms. The summed E-state index contributed by atoms with van der Waals surface area (Å²) < 4.78 is 11.3. The lowest BCUT2D eigenvalue weighted by molar-refractivity contribution is -0.121. The lowest BCUT2D eigenvalue weighted by Gasteiger charge is -2.38. The molecule has 0 spiro atoms. The Bertz CT molecular complexity index is 1030. The Morgan fingerprint density at radius 3 is 2.77 bits per heavy atom. The molecular weight excluding hydrogens is 443 g/mol. The van der Waals surface area contributed by atoms with Gasteiger partial charge in [0.25, 0.3) is 0 Å². The maximum absolute atomic E-state index is 12.7. The quantitative estimate of drug-likeness (QED) is 0.528. The number of nitrogens with one attached hydrogen (secondary N) is 1. The van der Waals surface area contributed by atoms with Gasteiger partial charge in [0.1, 0.15) is 5.76 Å². The van der Waals surface area contributed by atoms with Crippen molar-refractivity contribution in [1.82, 2.24) is 10.3 Å². The van der Waals surface area contributed by atoms with E-state index < -0.39 is 0 Å². The van der Waals surface area contributed by atoms with Gasteiger partial charge in [0.2, 0.25) is 11.8 Å². The van der Waals surface area contributed by atoms with Gasteiger partial charge in [-0.1, -0.05) is 35.3 Å². The Hall–Kier alpha value is -1.86. The van der Waals surface area contributed by atoms with Gasteiger partial charge in [-0.3, -0.25) is 4.79 Å². The highest BCUT2D eigenvalue weighted by atomic mass is 35.5. The highest BCUT2D eigenvalue weighted by molar-refractivity contribution is 7.13. The maximum Gasteiger partial charge on any atom is 0.236 e. The van der Waals surface area contributed by atoms with Crippen LogP contribution in [-0.4, -0.2) is 30.6 Å². The molecule has 30 heavy (non-hydrogen) atoms. The summed E-state index contributed by atoms with van der Waals surface area (Å²) in [6.07, 6.45) is 1.72. The number of carbonyl (C=O) groups excluding carboxylic acids is 1. The molecule has 1 aromatic carbocycles. The van der Waals surface area contributed by atoms with E-state index in [9.17, 15) is 4.79 Å². The fourth-order valence-corrected chi connectivity index (χ4v) is 5.06. The van der Waals surface area contributed by atoms with Crippen molar-refractivity contribution in [2.24, 2.45) is 0 Å². The number of hydrogen-bond donors (Lipinski definition) is 1. The summed E-state index contributed by atoms with van der Waals surface area (Å²) in [6.45, 7) is 3.56. The summed E-state index contributed by atoms with van der Waals surface area (Å²) in [5.41, 5.74) is 1.37. The van der Waals surface area contributed by atoms with Crippen LogP contribution in [-0.2, 0) is 21.4 Å². The average molecular weight is 465 g/mol. The van der Waals surface area contributed by atoms with E-state index in [1.165, 1.54) is 0 Å². The van der Waals surface area contributed by atoms with Gasteiger partial charge in [-0.25, -0.2) is 4.98 Å². The molecule has 1 N–H and O–H groups in total. The van der Waals surface area contributed by atoms with Gasteiger partial charge in [0, 0.05) is 35.2 Å². The first-order valence-corrected chi connectivity index (χ1v) is 11.4. The first-order chi connectivity index (χ1) is 14.5. The molecule has 3 heterocycles. The molecule has 5 nitrogen and oxygen atoms in total. The number of aryl methyl sites for hydroxylation is 1. The molecule has 2 aromatic heterocycles. The van der Waals surface area contributed by atoms with Crippen LogP contribution in [0.2, 0.25) is 10.0 Å². The van der Waals surface area contributed by atoms with Crippen LogP contribution >= 0.6 is 34.5 Å². The van der Waals surface area contributed by atoms with E-state index >= 15 is 0 Å². The molecule has 0 atom stereocenters. The van der Waals surface area contributed by atoms with Crippen molar-refractivity contribution in [1.29, 1.82) is 0 Å². The van der Waals surface area contributed by atoms with E-state index in [1.807, 2.05) is 36.6 Å². The van der Waals surface area contributed by atoms with Gasteiger partial charge in [-0.2, -0.15) is 0 Å². The third-order valence-corrected chi connectivity index (χ3v) is 6.93. The molecular formula is C22H22Cl2N2O3S. The van der Waals surface area contributed by atoms with Gasteiger partial charge < -0.3 is 14.5 Å². The average Bonchev–Trinajstić information content (AvgIpc) is 3.37. The van der Waals surface area contributed by atoms with Crippen LogP contribution in [0.3, 0.4) is 0 Å². The number of oxazole rings is 1. The zero-order valence-electron chi connectivity index (χ0n) is 16.5. The predicted octanol–water partition coefficient (Wildman–Crippen LogP) is 5.43. The first-order valence-electron chi connectivity index (χ1n) is 9.77. The fraction of sp³-hybridized carbons (Fsp3) is 0.364. The van der Waals surface area contributed by atoms with Crippen molar-refractivity contribution in [3.8, 4) is 10.8 Å². The lowest BCUT2D eigenvalue weighted by Crippen LogP contribution is -2.45. The second-order valence-electron chi connectivity index (χ2n) is 7.47. The summed E-state index contributed by atoms with van der Waals surface area (Å²) in [7, 11) is 0. The Morgan fingerprint density at radius 2 is 2.07 bits per heavy atom. The topological polar surface area (TPSA) is 64.4 Å². The molecule has 0 aliphatic carbocycles. The van der Waals surface area contributed by atoms with Crippen LogP contribution in [0.15, 0.2) is 40.1 Å². The van der Waals surface area contributed by atoms with Crippen molar-refractivity contribution in [2.45, 2.75) is 31.6 Å². The molecule has 0 bridgehead atoms. The SMILES string of the molecule is Cc1oc(-c2cccs2)nc1CC(=O)NCC1(c2ccc(Cl)cc2Cl)CCOCC1. The minimum absolute atomic E-state index is 0.0971. The van der Waals surface area contributed by atoms with E-state index in [0.29, 0.717) is 47.1 Å². The van der Waals surface area contributed by atoms with Crippen molar-refractivity contribution in [3.05, 3.63) is 62.8 Å². The molecule has 1 amide bonds. The molecule has 0 saturated carbocycles. The maximum atomic E-state index is 12.7. The highest BCUT2D eigenvalue weighted by Gasteiger charge is 2.36. The van der Waals surface area contributed by atoms with Crippen molar-refractivity contribution in [2.75, 3.05) is 19.8 Å². The van der Waals surface area contributed by atoms with E-state index in [2.05, 4.69) is 10.3 Å². The Labute approximate surface area is 189 Å². The van der Waals surface area contributed by atoms with Gasteiger partial charge in [-0.15, -0.1) is 11.3 Å². The minimum Gasteiger partial charge on any atom is -0.440 e. The highest BCUT2D eigenvalue weighted by Crippen LogP contribution is 2.39. The van der Waals surface area contributed by atoms with E-state index in [1.54, 1.807) is 17.4 Å². The first kappa shape index (κ1) is 21.4. The number of hydrogen-bond acceptors (Lipinski definition) is 5. The molecule has 0 radical (unpaired) electrons. The van der Waals surface area contributed by atoms with Crippen molar-refractivity contribution >= 4 is 40.4 Å². The van der Waals surface area contributed by atoms with Gasteiger partial charge >= 0.3 is 0 Å². The molecule has 0 unspecified atom stereocenters. The molecule has 3 aromatic rings. The normalized spacial score (nSPS) is 15.8. The zero-order valence-corrected chi connectivity index (χ0v) is 18.9. The van der Waals surface area contributed by atoms with Crippen LogP contribution < -0.4 is 5.32 Å². The van der Waals surface area contributed by atoms with Crippen LogP contribution in [0.25, 0.3) is 10.8 Å². The molecule has 1 saturated heterocycles. The van der Waals surface area contributed by atoms with Crippen LogP contribution in [0.1, 0.15) is 29.9 Å².